The first kappa shape index (κ1) is 11.5. The molecule has 0 spiro atoms. The summed E-state index contributed by atoms with van der Waals surface area (Å²) in [5.41, 5.74) is 1.21. The van der Waals surface area contributed by atoms with Gasteiger partial charge in [-0.25, -0.2) is 0 Å². The molecule has 1 aromatic heterocycles. The Hall–Kier alpha value is -1.03. The fourth-order valence-corrected chi connectivity index (χ4v) is 3.44. The van der Waals surface area contributed by atoms with E-state index in [0.29, 0.717) is 0 Å². The highest BCUT2D eigenvalue weighted by atomic mass is 32.9. The maximum Gasteiger partial charge on any atom is 0.102 e. The molecule has 1 heterocycles. The van der Waals surface area contributed by atoms with Gasteiger partial charge in [-0.15, -0.1) is 0 Å². The van der Waals surface area contributed by atoms with E-state index in [4.69, 9.17) is 12.2 Å². The Bertz CT molecular complexity index is 544. The predicted molar refractivity (Wildman–Crippen MR) is 77.5 cm³/mol. The molecular weight excluding hydrogens is 252 g/mol. The zero-order valence-corrected chi connectivity index (χ0v) is 10.9. The van der Waals surface area contributed by atoms with Crippen molar-refractivity contribution in [2.75, 3.05) is 0 Å². The molecule has 0 bridgehead atoms. The largest absolute Gasteiger partial charge is 0.102 e. The molecule has 0 amide bonds. The van der Waals surface area contributed by atoms with Crippen LogP contribution in [0.2, 0.25) is 0 Å². The van der Waals surface area contributed by atoms with E-state index >= 15 is 0 Å². The molecule has 0 saturated heterocycles. The SMILES string of the molecule is S=c1cc(C=CC=Cc2ccccc2)ss1. The predicted octanol–water partition coefficient (Wildman–Crippen LogP) is 5.27. The van der Waals surface area contributed by atoms with Gasteiger partial charge in [-0.3, -0.25) is 0 Å². The van der Waals surface area contributed by atoms with Crippen LogP contribution in [0.1, 0.15) is 10.4 Å². The molecule has 16 heavy (non-hydrogen) atoms. The molecule has 0 saturated carbocycles. The minimum absolute atomic E-state index is 0.955. The van der Waals surface area contributed by atoms with E-state index in [1.54, 1.807) is 20.7 Å². The van der Waals surface area contributed by atoms with Gasteiger partial charge in [-0.1, -0.05) is 81.5 Å². The highest BCUT2D eigenvalue weighted by Crippen LogP contribution is 2.19. The van der Waals surface area contributed by atoms with E-state index in [9.17, 15) is 0 Å². The smallest absolute Gasteiger partial charge is 0.0792 e. The lowest BCUT2D eigenvalue weighted by molar-refractivity contribution is 1.66. The summed E-state index contributed by atoms with van der Waals surface area (Å²) in [4.78, 5) is 1.22. The van der Waals surface area contributed by atoms with E-state index in [2.05, 4.69) is 24.3 Å². The fourth-order valence-electron chi connectivity index (χ4n) is 1.21. The minimum atomic E-state index is 0.955. The molecule has 0 N–H and O–H groups in total. The van der Waals surface area contributed by atoms with Gasteiger partial charge in [0.15, 0.2) is 0 Å². The van der Waals surface area contributed by atoms with E-state index < -0.39 is 0 Å². The lowest BCUT2D eigenvalue weighted by Crippen LogP contribution is -1.66. The van der Waals surface area contributed by atoms with Gasteiger partial charge in [-0.05, 0) is 17.7 Å². The standard InChI is InChI=1S/C13H10S3/c14-13-10-12(15-16-13)9-5-4-8-11-6-2-1-3-7-11/h1-10H. The Morgan fingerprint density at radius 2 is 1.69 bits per heavy atom. The van der Waals surface area contributed by atoms with E-state index in [0.717, 1.165) is 3.82 Å². The van der Waals surface area contributed by atoms with E-state index in [-0.39, 0.29) is 0 Å². The molecule has 0 atom stereocenters. The maximum absolute atomic E-state index is 5.07. The monoisotopic (exact) mass is 262 g/mol. The Labute approximate surface area is 108 Å². The van der Waals surface area contributed by atoms with Crippen LogP contribution in [-0.4, -0.2) is 0 Å². The van der Waals surface area contributed by atoms with Crippen molar-refractivity contribution in [1.82, 2.24) is 0 Å². The molecule has 0 aliphatic heterocycles. The highest BCUT2D eigenvalue weighted by molar-refractivity contribution is 7.79. The second kappa shape index (κ2) is 5.89. The van der Waals surface area contributed by atoms with Gasteiger partial charge in [0, 0.05) is 4.88 Å². The van der Waals surface area contributed by atoms with Crippen LogP contribution in [-0.2, 0) is 0 Å². The number of allylic oxidation sites excluding steroid dienone is 2. The first-order valence-electron chi connectivity index (χ1n) is 4.84. The zero-order chi connectivity index (χ0) is 11.2. The van der Waals surface area contributed by atoms with Crippen LogP contribution in [0.25, 0.3) is 12.2 Å². The van der Waals surface area contributed by atoms with E-state index in [1.807, 2.05) is 36.4 Å². The summed E-state index contributed by atoms with van der Waals surface area (Å²) in [6.07, 6.45) is 8.25. The lowest BCUT2D eigenvalue weighted by Gasteiger charge is -1.88. The third-order valence-corrected chi connectivity index (χ3v) is 4.80. The second-order valence-corrected chi connectivity index (χ2v) is 6.10. The molecule has 0 fully saturated rings. The van der Waals surface area contributed by atoms with Crippen LogP contribution in [0.3, 0.4) is 0 Å². The molecule has 2 aromatic rings. The third-order valence-electron chi connectivity index (χ3n) is 1.94. The van der Waals surface area contributed by atoms with Crippen molar-refractivity contribution < 1.29 is 0 Å². The second-order valence-electron chi connectivity index (χ2n) is 3.16. The van der Waals surface area contributed by atoms with Crippen molar-refractivity contribution in [2.45, 2.75) is 0 Å². The van der Waals surface area contributed by atoms with Crippen molar-refractivity contribution in [3.63, 3.8) is 0 Å². The van der Waals surface area contributed by atoms with Crippen LogP contribution in [0, 0.1) is 3.82 Å². The summed E-state index contributed by atoms with van der Waals surface area (Å²) in [5, 5.41) is 0. The normalized spacial score (nSPS) is 11.5. The van der Waals surface area contributed by atoms with Crippen molar-refractivity contribution in [1.29, 1.82) is 0 Å². The topological polar surface area (TPSA) is 0 Å². The molecule has 0 unspecified atom stereocenters. The van der Waals surface area contributed by atoms with E-state index in [1.165, 1.54) is 10.4 Å². The summed E-state index contributed by atoms with van der Waals surface area (Å²) in [7, 11) is 3.35. The Morgan fingerprint density at radius 1 is 0.938 bits per heavy atom. The average Bonchev–Trinajstić information content (AvgIpc) is 2.72. The van der Waals surface area contributed by atoms with Crippen LogP contribution < -0.4 is 0 Å². The van der Waals surface area contributed by atoms with Crippen molar-refractivity contribution in [3.05, 3.63) is 62.8 Å². The Morgan fingerprint density at radius 3 is 2.38 bits per heavy atom. The number of hydrogen-bond acceptors (Lipinski definition) is 3. The molecular formula is C13H10S3. The van der Waals surface area contributed by atoms with Crippen LogP contribution >= 0.6 is 32.9 Å². The molecule has 0 nitrogen and oxygen atoms in total. The van der Waals surface area contributed by atoms with Crippen LogP contribution in [0.15, 0.2) is 48.6 Å². The average molecular weight is 262 g/mol. The number of rotatable bonds is 3. The quantitative estimate of drug-likeness (QED) is 0.413. The summed E-state index contributed by atoms with van der Waals surface area (Å²) in [5.74, 6) is 0. The van der Waals surface area contributed by atoms with Gasteiger partial charge in [0.1, 0.15) is 3.82 Å². The number of benzene rings is 1. The molecule has 3 heteroatoms. The summed E-state index contributed by atoms with van der Waals surface area (Å²) >= 11 is 5.07. The molecule has 0 aliphatic rings. The first-order chi connectivity index (χ1) is 7.84. The van der Waals surface area contributed by atoms with Gasteiger partial charge in [-0.2, -0.15) is 0 Å². The molecule has 2 rings (SSSR count). The molecule has 1 aromatic carbocycles. The zero-order valence-electron chi connectivity index (χ0n) is 8.50. The summed E-state index contributed by atoms with van der Waals surface area (Å²) < 4.78 is 0.955. The third kappa shape index (κ3) is 3.52. The van der Waals surface area contributed by atoms with Gasteiger partial charge in [0.25, 0.3) is 0 Å². The minimum Gasteiger partial charge on any atom is -0.0792 e. The number of hydrogen-bond donors (Lipinski definition) is 0. The Balaban J connectivity index is 2.00. The van der Waals surface area contributed by atoms with Crippen LogP contribution in [0.4, 0.5) is 0 Å². The first-order valence-corrected chi connectivity index (χ1v) is 7.40. The van der Waals surface area contributed by atoms with Gasteiger partial charge in [0.05, 0.1) is 0 Å². The van der Waals surface area contributed by atoms with Crippen LogP contribution in [0.5, 0.6) is 0 Å². The van der Waals surface area contributed by atoms with Crippen molar-refractivity contribution in [2.24, 2.45) is 0 Å². The van der Waals surface area contributed by atoms with Gasteiger partial charge in [0.2, 0.25) is 0 Å². The Kier molecular flexibility index (Phi) is 4.22. The summed E-state index contributed by atoms with van der Waals surface area (Å²) in [6.45, 7) is 0. The molecule has 0 radical (unpaired) electrons. The van der Waals surface area contributed by atoms with Crippen molar-refractivity contribution >= 4 is 45.1 Å². The van der Waals surface area contributed by atoms with Gasteiger partial charge >= 0.3 is 0 Å². The van der Waals surface area contributed by atoms with Gasteiger partial charge < -0.3 is 0 Å². The highest BCUT2D eigenvalue weighted by Gasteiger charge is 1.87. The lowest BCUT2D eigenvalue weighted by atomic mass is 10.2. The fraction of sp³-hybridized carbons (Fsp3) is 0. The molecule has 0 aliphatic carbocycles. The van der Waals surface area contributed by atoms with Crippen molar-refractivity contribution in [3.8, 4) is 0 Å². The molecule has 80 valence electrons. The summed E-state index contributed by atoms with van der Waals surface area (Å²) in [6, 6.07) is 12.3. The maximum atomic E-state index is 5.07.